The first kappa shape index (κ1) is 66.8. The van der Waals surface area contributed by atoms with E-state index in [1.807, 2.05) is 0 Å². The summed E-state index contributed by atoms with van der Waals surface area (Å²) in [4.78, 5) is 72.2. The summed E-state index contributed by atoms with van der Waals surface area (Å²) >= 11 is 0. The molecule has 0 aliphatic carbocycles. The minimum atomic E-state index is -1.64. The van der Waals surface area contributed by atoms with E-state index >= 15 is 0 Å². The second kappa shape index (κ2) is 42.3. The molecule has 0 saturated heterocycles. The molecule has 0 radical (unpaired) electrons. The van der Waals surface area contributed by atoms with Crippen molar-refractivity contribution in [3.8, 4) is 0 Å². The zero-order valence-electron chi connectivity index (χ0n) is 41.6. The van der Waals surface area contributed by atoms with Gasteiger partial charge in [0.25, 0.3) is 0 Å². The van der Waals surface area contributed by atoms with Crippen molar-refractivity contribution in [2.24, 2.45) is 0 Å². The summed E-state index contributed by atoms with van der Waals surface area (Å²) in [6.07, 6.45) is -0.131. The molecule has 410 valence electrons. The molecule has 6 N–H and O–H groups in total. The van der Waals surface area contributed by atoms with Gasteiger partial charge in [0.1, 0.15) is 101 Å². The molecule has 0 saturated carbocycles. The molecule has 0 fully saturated rings. The standard InChI is InChI=1S/C48H74O24/c1-7-13-41(55)65-23-33(49)19-61-31-39(63-21-35(51)25-67-43(57)15-9-3)47(71-29-37(53)27-69-45(59)17-11-5)48(72-30-38(54)28-70-46(60)18-12-6)40(64-22-36(52)26-68-44(58)16-10-4)32-62-20-34(50)24-66-42(56)14-8-2/h7-18,33-40,47-54H,19-32H2,1-6H3/t33?,34?,35?,36?,37?,38?,39-,40+,47-,48-/m1/s1. The van der Waals surface area contributed by atoms with E-state index in [0.29, 0.717) is 0 Å². The molecule has 0 amide bonds. The second-order valence-electron chi connectivity index (χ2n) is 15.1. The van der Waals surface area contributed by atoms with Crippen molar-refractivity contribution >= 4 is 35.8 Å². The number of aliphatic hydroxyl groups is 6. The maximum atomic E-state index is 12.1. The molecule has 0 aliphatic rings. The summed E-state index contributed by atoms with van der Waals surface area (Å²) in [7, 11) is 0. The van der Waals surface area contributed by atoms with Gasteiger partial charge in [0.2, 0.25) is 0 Å². The monoisotopic (exact) mass is 1030 g/mol. The third-order valence-corrected chi connectivity index (χ3v) is 8.53. The van der Waals surface area contributed by atoms with Gasteiger partial charge in [-0.3, -0.25) is 0 Å². The molecule has 0 rings (SSSR count). The van der Waals surface area contributed by atoms with Crippen LogP contribution >= 0.6 is 0 Å². The van der Waals surface area contributed by atoms with Crippen molar-refractivity contribution in [3.63, 3.8) is 0 Å². The minimum absolute atomic E-state index is 0.509. The maximum absolute atomic E-state index is 12.1. The lowest BCUT2D eigenvalue weighted by Crippen LogP contribution is -2.55. The van der Waals surface area contributed by atoms with Gasteiger partial charge in [-0.2, -0.15) is 0 Å². The fraction of sp³-hybridized carbons (Fsp3) is 0.625. The molecule has 72 heavy (non-hydrogen) atoms. The quantitative estimate of drug-likeness (QED) is 0.0254. The average molecular weight is 1040 g/mol. The number of ether oxygens (including phenoxy) is 12. The third kappa shape index (κ3) is 35.0. The predicted octanol–water partition coefficient (Wildman–Crippen LogP) is -0.558. The van der Waals surface area contributed by atoms with Gasteiger partial charge in [-0.05, 0) is 41.5 Å². The molecule has 0 bridgehead atoms. The summed E-state index contributed by atoms with van der Waals surface area (Å²) in [5.41, 5.74) is 0. The third-order valence-electron chi connectivity index (χ3n) is 8.53. The van der Waals surface area contributed by atoms with Gasteiger partial charge in [0, 0.05) is 36.5 Å². The molecule has 0 spiro atoms. The summed E-state index contributed by atoms with van der Waals surface area (Å²) < 4.78 is 66.6. The first-order valence-electron chi connectivity index (χ1n) is 22.9. The number of carbonyl (C=O) groups excluding carboxylic acids is 6. The highest BCUT2D eigenvalue weighted by Gasteiger charge is 2.40. The Morgan fingerprint density at radius 1 is 0.292 bits per heavy atom. The van der Waals surface area contributed by atoms with Crippen LogP contribution in [0.15, 0.2) is 72.9 Å². The van der Waals surface area contributed by atoms with E-state index in [2.05, 4.69) is 0 Å². The fourth-order valence-corrected chi connectivity index (χ4v) is 5.32. The van der Waals surface area contributed by atoms with Crippen molar-refractivity contribution < 1.29 is 116 Å². The lowest BCUT2D eigenvalue weighted by molar-refractivity contribution is -0.219. The van der Waals surface area contributed by atoms with E-state index in [1.54, 1.807) is 41.5 Å². The van der Waals surface area contributed by atoms with E-state index < -0.39 is 189 Å². The highest BCUT2D eigenvalue weighted by molar-refractivity contribution is 5.83. The normalized spacial score (nSPS) is 16.3. The first-order chi connectivity index (χ1) is 34.4. The molecule has 0 aliphatic heterocycles. The number of rotatable bonds is 41. The molecule has 0 heterocycles. The van der Waals surface area contributed by atoms with Crippen LogP contribution < -0.4 is 0 Å². The molecular formula is C48H74O24. The summed E-state index contributed by atoms with van der Waals surface area (Å²) in [5.74, 6) is -4.66. The van der Waals surface area contributed by atoms with Crippen molar-refractivity contribution in [2.75, 3.05) is 92.5 Å². The summed E-state index contributed by atoms with van der Waals surface area (Å²) in [5, 5.41) is 65.1. The Morgan fingerprint density at radius 3 is 0.694 bits per heavy atom. The number of esters is 6. The lowest BCUT2D eigenvalue weighted by atomic mass is 10.0. The highest BCUT2D eigenvalue weighted by Crippen LogP contribution is 2.22. The van der Waals surface area contributed by atoms with E-state index in [1.165, 1.54) is 36.5 Å². The SMILES string of the molecule is CC=CC(=O)OCC(O)COC[C@H](OCC(O)COC(=O)C=CC)[C@@H](OCC(O)COC(=O)C=CC)[C@H](OCC(O)COC(=O)C=CC)[C@@H](COCC(O)COC(=O)C=CC)OCC(O)COC(=O)C=CC. The molecule has 24 nitrogen and oxygen atoms in total. The van der Waals surface area contributed by atoms with Crippen molar-refractivity contribution in [2.45, 2.75) is 103 Å². The van der Waals surface area contributed by atoms with Crippen LogP contribution in [0.4, 0.5) is 0 Å². The first-order valence-corrected chi connectivity index (χ1v) is 22.9. The van der Waals surface area contributed by atoms with Crippen LogP contribution in [0, 0.1) is 0 Å². The maximum Gasteiger partial charge on any atom is 0.330 e. The van der Waals surface area contributed by atoms with Crippen molar-refractivity contribution in [3.05, 3.63) is 72.9 Å². The number of hydrogen-bond acceptors (Lipinski definition) is 24. The van der Waals surface area contributed by atoms with Crippen LogP contribution in [-0.2, 0) is 85.6 Å². The molecule has 0 aromatic carbocycles. The van der Waals surface area contributed by atoms with Crippen molar-refractivity contribution in [1.82, 2.24) is 0 Å². The number of carbonyl (C=O) groups is 6. The largest absolute Gasteiger partial charge is 0.460 e. The van der Waals surface area contributed by atoms with Gasteiger partial charge >= 0.3 is 35.8 Å². The van der Waals surface area contributed by atoms with E-state index in [4.69, 9.17) is 56.8 Å². The van der Waals surface area contributed by atoms with Crippen LogP contribution in [0.5, 0.6) is 0 Å². The average Bonchev–Trinajstić information content (AvgIpc) is 3.34. The smallest absolute Gasteiger partial charge is 0.330 e. The Morgan fingerprint density at radius 2 is 0.486 bits per heavy atom. The van der Waals surface area contributed by atoms with Gasteiger partial charge in [-0.15, -0.1) is 0 Å². The minimum Gasteiger partial charge on any atom is -0.460 e. The summed E-state index contributed by atoms with van der Waals surface area (Å²) in [6.45, 7) is 1.23. The van der Waals surface area contributed by atoms with Crippen LogP contribution in [0.1, 0.15) is 41.5 Å². The Labute approximate surface area is 419 Å². The van der Waals surface area contributed by atoms with Crippen molar-refractivity contribution in [1.29, 1.82) is 0 Å². The van der Waals surface area contributed by atoms with Crippen LogP contribution in [0.25, 0.3) is 0 Å². The van der Waals surface area contributed by atoms with Crippen LogP contribution in [0.2, 0.25) is 0 Å². The molecule has 24 heteroatoms. The number of hydrogen-bond donors (Lipinski definition) is 6. The number of allylic oxidation sites excluding steroid dienone is 6. The molecule has 0 aromatic heterocycles. The molecule has 6 unspecified atom stereocenters. The zero-order chi connectivity index (χ0) is 54.1. The summed E-state index contributed by atoms with van der Waals surface area (Å²) in [6, 6.07) is 0. The van der Waals surface area contributed by atoms with Gasteiger partial charge < -0.3 is 87.5 Å². The number of aliphatic hydroxyl groups excluding tert-OH is 6. The van der Waals surface area contributed by atoms with Crippen LogP contribution in [-0.4, -0.2) is 220 Å². The molecular weight excluding hydrogens is 961 g/mol. The second-order valence-corrected chi connectivity index (χ2v) is 15.1. The molecule has 0 aromatic rings. The van der Waals surface area contributed by atoms with Gasteiger partial charge in [0.05, 0.1) is 52.9 Å². The highest BCUT2D eigenvalue weighted by atomic mass is 16.6. The van der Waals surface area contributed by atoms with E-state index in [9.17, 15) is 59.4 Å². The molecule has 10 atom stereocenters. The van der Waals surface area contributed by atoms with Gasteiger partial charge in [-0.1, -0.05) is 36.5 Å². The lowest BCUT2D eigenvalue weighted by Gasteiger charge is -2.38. The van der Waals surface area contributed by atoms with Gasteiger partial charge in [-0.25, -0.2) is 28.8 Å². The predicted molar refractivity (Wildman–Crippen MR) is 251 cm³/mol. The Bertz CT molecular complexity index is 1590. The zero-order valence-corrected chi connectivity index (χ0v) is 41.6. The Balaban J connectivity index is 7.58. The van der Waals surface area contributed by atoms with E-state index in [0.717, 1.165) is 36.5 Å². The Hall–Kier alpha value is -5.22. The topological polar surface area (TPSA) is 335 Å². The van der Waals surface area contributed by atoms with Gasteiger partial charge in [0.15, 0.2) is 0 Å². The van der Waals surface area contributed by atoms with E-state index in [-0.39, 0.29) is 0 Å². The van der Waals surface area contributed by atoms with Crippen LogP contribution in [0.3, 0.4) is 0 Å². The Kier molecular flexibility index (Phi) is 39.2. The fourth-order valence-electron chi connectivity index (χ4n) is 5.32.